The molecule has 13 heteroatoms. The quantitative estimate of drug-likeness (QED) is 0.271. The van der Waals surface area contributed by atoms with Crippen molar-refractivity contribution in [2.75, 3.05) is 23.1 Å². The van der Waals surface area contributed by atoms with Gasteiger partial charge in [-0.3, -0.25) is 4.72 Å². The van der Waals surface area contributed by atoms with E-state index in [1.807, 2.05) is 25.5 Å². The molecule has 0 radical (unpaired) electrons. The molecule has 2 aromatic carbocycles. The molecule has 0 fully saturated rings. The Morgan fingerprint density at radius 1 is 1.00 bits per heavy atom. The van der Waals surface area contributed by atoms with Crippen molar-refractivity contribution >= 4 is 33.0 Å². The summed E-state index contributed by atoms with van der Waals surface area (Å²) in [5.41, 5.74) is 5.36. The summed E-state index contributed by atoms with van der Waals surface area (Å²) in [5.74, 6) is -3.23. The molecular formula is C25H25F3N6O2S2. The zero-order valence-electron chi connectivity index (χ0n) is 20.7. The number of aromatic nitrogens is 3. The Hall–Kier alpha value is -3.55. The van der Waals surface area contributed by atoms with Crippen LogP contribution in [0, 0.1) is 17.5 Å². The Labute approximate surface area is 222 Å². The van der Waals surface area contributed by atoms with Crippen LogP contribution in [-0.4, -0.2) is 36.5 Å². The first kappa shape index (κ1) is 27.5. The molecule has 38 heavy (non-hydrogen) atoms. The van der Waals surface area contributed by atoms with Gasteiger partial charge in [-0.2, -0.15) is 0 Å². The molecule has 8 nitrogen and oxygen atoms in total. The van der Waals surface area contributed by atoms with Crippen molar-refractivity contribution in [1.29, 1.82) is 0 Å². The molecule has 4 aromatic rings. The van der Waals surface area contributed by atoms with Gasteiger partial charge in [0, 0.05) is 30.3 Å². The van der Waals surface area contributed by atoms with Crippen LogP contribution >= 0.6 is 11.3 Å². The van der Waals surface area contributed by atoms with E-state index in [-0.39, 0.29) is 16.7 Å². The van der Waals surface area contributed by atoms with E-state index in [1.165, 1.54) is 23.5 Å². The van der Waals surface area contributed by atoms with E-state index in [1.54, 1.807) is 12.3 Å². The molecule has 4 N–H and O–H groups in total. The molecule has 0 atom stereocenters. The van der Waals surface area contributed by atoms with Gasteiger partial charge in [0.15, 0.2) is 10.7 Å². The zero-order valence-corrected chi connectivity index (χ0v) is 22.4. The number of nitrogens with one attached hydrogen (secondary N) is 2. The van der Waals surface area contributed by atoms with Crippen molar-refractivity contribution in [3.8, 4) is 21.8 Å². The average Bonchev–Trinajstić information content (AvgIpc) is 3.30. The van der Waals surface area contributed by atoms with Gasteiger partial charge in [0.2, 0.25) is 5.95 Å². The molecule has 4 rings (SSSR count). The number of sulfonamides is 1. The monoisotopic (exact) mass is 562 g/mol. The maximum atomic E-state index is 15.8. The normalized spacial score (nSPS) is 12.0. The van der Waals surface area contributed by atoms with Crippen molar-refractivity contribution in [3.05, 3.63) is 71.1 Å². The molecule has 0 bridgehead atoms. The lowest BCUT2D eigenvalue weighted by Gasteiger charge is -2.14. The number of thiazole rings is 1. The second-order valence-electron chi connectivity index (χ2n) is 9.25. The molecule has 0 amide bonds. The molecule has 0 aliphatic rings. The van der Waals surface area contributed by atoms with Crippen molar-refractivity contribution < 1.29 is 21.6 Å². The smallest absolute Gasteiger partial charge is 0.267 e. The third kappa shape index (κ3) is 5.64. The fourth-order valence-corrected chi connectivity index (χ4v) is 5.79. The summed E-state index contributed by atoms with van der Waals surface area (Å²) < 4.78 is 71.7. The van der Waals surface area contributed by atoms with Gasteiger partial charge < -0.3 is 11.1 Å². The van der Waals surface area contributed by atoms with Gasteiger partial charge in [-0.1, -0.05) is 32.9 Å². The number of hydrogen-bond acceptors (Lipinski definition) is 8. The van der Waals surface area contributed by atoms with Crippen LogP contribution in [0.3, 0.4) is 0 Å². The topological polar surface area (TPSA) is 123 Å². The third-order valence-corrected chi connectivity index (χ3v) is 8.19. The fraction of sp³-hybridized carbons (Fsp3) is 0.240. The molecule has 0 unspecified atom stereocenters. The second kappa shape index (κ2) is 10.7. The molecular weight excluding hydrogens is 537 g/mol. The van der Waals surface area contributed by atoms with Crippen LogP contribution in [0.1, 0.15) is 25.8 Å². The van der Waals surface area contributed by atoms with Crippen LogP contribution in [0.25, 0.3) is 21.8 Å². The van der Waals surface area contributed by atoms with Crippen LogP contribution in [0.15, 0.2) is 53.6 Å². The molecule has 0 aliphatic carbocycles. The van der Waals surface area contributed by atoms with Gasteiger partial charge in [-0.05, 0) is 30.3 Å². The highest BCUT2D eigenvalue weighted by molar-refractivity contribution is 7.92. The molecule has 2 aromatic heterocycles. The fourth-order valence-electron chi connectivity index (χ4n) is 3.48. The van der Waals surface area contributed by atoms with E-state index < -0.39 is 38.1 Å². The Kier molecular flexibility index (Phi) is 7.72. The summed E-state index contributed by atoms with van der Waals surface area (Å²) in [6.45, 7) is 6.69. The predicted molar refractivity (Wildman–Crippen MR) is 142 cm³/mol. The van der Waals surface area contributed by atoms with Crippen LogP contribution in [0.2, 0.25) is 0 Å². The number of nitrogens with zero attached hydrogens (tertiary/aromatic N) is 3. The molecule has 0 saturated heterocycles. The molecule has 2 heterocycles. The Balaban J connectivity index is 1.83. The van der Waals surface area contributed by atoms with E-state index in [0.717, 1.165) is 24.3 Å². The van der Waals surface area contributed by atoms with Crippen LogP contribution < -0.4 is 15.8 Å². The van der Waals surface area contributed by atoms with Crippen molar-refractivity contribution in [1.82, 2.24) is 15.0 Å². The SMILES string of the molecule is CC(C)(C)c1nc(-c2cccc(NS(=O)(=O)c3c(F)cccc3F)c2F)c(-c2ccnc(NCCN)n2)s1. The van der Waals surface area contributed by atoms with Gasteiger partial charge in [-0.15, -0.1) is 11.3 Å². The first-order chi connectivity index (χ1) is 17.9. The standard InChI is InChI=1S/C25H25F3N6O2S2/c1-25(2,3)23-33-20(21(37-23)18-10-12-30-24(32-18)31-13-11-29)14-6-4-9-17(19(14)28)34-38(35,36)22-15(26)7-5-8-16(22)27/h4-10,12,34H,11,13,29H2,1-3H3,(H,30,31,32). The van der Waals surface area contributed by atoms with Crippen LogP contribution in [0.4, 0.5) is 24.8 Å². The predicted octanol–water partition coefficient (Wildman–Crippen LogP) is 5.15. The van der Waals surface area contributed by atoms with E-state index in [2.05, 4.69) is 20.3 Å². The number of anilines is 2. The number of nitrogens with two attached hydrogens (primary N) is 1. The second-order valence-corrected chi connectivity index (χ2v) is 11.9. The average molecular weight is 563 g/mol. The van der Waals surface area contributed by atoms with Crippen molar-refractivity contribution in [3.63, 3.8) is 0 Å². The number of benzene rings is 2. The minimum Gasteiger partial charge on any atom is -0.353 e. The van der Waals surface area contributed by atoms with E-state index in [9.17, 15) is 17.2 Å². The molecule has 0 saturated carbocycles. The highest BCUT2D eigenvalue weighted by Crippen LogP contribution is 2.42. The summed E-state index contributed by atoms with van der Waals surface area (Å²) in [5, 5.41) is 3.69. The van der Waals surface area contributed by atoms with E-state index >= 15 is 4.39 Å². The molecule has 0 aliphatic heterocycles. The van der Waals surface area contributed by atoms with Gasteiger partial charge >= 0.3 is 0 Å². The number of rotatable bonds is 8. The highest BCUT2D eigenvalue weighted by atomic mass is 32.2. The minimum atomic E-state index is -4.79. The lowest BCUT2D eigenvalue weighted by Crippen LogP contribution is -2.17. The first-order valence-corrected chi connectivity index (χ1v) is 13.8. The Morgan fingerprint density at radius 3 is 2.34 bits per heavy atom. The number of hydrogen-bond donors (Lipinski definition) is 3. The largest absolute Gasteiger partial charge is 0.353 e. The zero-order chi connectivity index (χ0) is 27.7. The van der Waals surface area contributed by atoms with Gasteiger partial charge in [0.05, 0.1) is 27.0 Å². The van der Waals surface area contributed by atoms with E-state index in [0.29, 0.717) is 34.6 Å². The maximum absolute atomic E-state index is 15.8. The lowest BCUT2D eigenvalue weighted by molar-refractivity contribution is 0.521. The lowest BCUT2D eigenvalue weighted by atomic mass is 9.98. The van der Waals surface area contributed by atoms with Gasteiger partial charge in [-0.25, -0.2) is 36.5 Å². The van der Waals surface area contributed by atoms with Crippen LogP contribution in [0.5, 0.6) is 0 Å². The maximum Gasteiger partial charge on any atom is 0.267 e. The third-order valence-electron chi connectivity index (χ3n) is 5.27. The highest BCUT2D eigenvalue weighted by Gasteiger charge is 2.28. The molecule has 200 valence electrons. The first-order valence-electron chi connectivity index (χ1n) is 11.5. The summed E-state index contributed by atoms with van der Waals surface area (Å²) in [7, 11) is -4.79. The van der Waals surface area contributed by atoms with Crippen molar-refractivity contribution in [2.45, 2.75) is 31.1 Å². The minimum absolute atomic E-state index is 0.0176. The molecule has 0 spiro atoms. The Morgan fingerprint density at radius 2 is 1.68 bits per heavy atom. The summed E-state index contributed by atoms with van der Waals surface area (Å²) in [4.78, 5) is 12.7. The van der Waals surface area contributed by atoms with Gasteiger partial charge in [0.25, 0.3) is 10.0 Å². The van der Waals surface area contributed by atoms with Crippen molar-refractivity contribution in [2.24, 2.45) is 5.73 Å². The van der Waals surface area contributed by atoms with E-state index in [4.69, 9.17) is 5.73 Å². The van der Waals surface area contributed by atoms with Gasteiger partial charge in [0.1, 0.15) is 11.6 Å². The summed E-state index contributed by atoms with van der Waals surface area (Å²) in [6, 6.07) is 8.31. The summed E-state index contributed by atoms with van der Waals surface area (Å²) in [6.07, 6.45) is 1.55. The van der Waals surface area contributed by atoms with Crippen LogP contribution in [-0.2, 0) is 15.4 Å². The Bertz CT molecular complexity index is 1570. The summed E-state index contributed by atoms with van der Waals surface area (Å²) >= 11 is 1.32. The number of halogens is 3.